The minimum absolute atomic E-state index is 0.110. The zero-order valence-electron chi connectivity index (χ0n) is 15.6. The summed E-state index contributed by atoms with van der Waals surface area (Å²) in [5.41, 5.74) is 0.249. The van der Waals surface area contributed by atoms with Crippen LogP contribution in [0.1, 0.15) is 42.0 Å². The summed E-state index contributed by atoms with van der Waals surface area (Å²) < 4.78 is 0. The molecule has 4 rings (SSSR count). The average molecular weight is 419 g/mol. The Labute approximate surface area is 171 Å². The molecule has 1 spiro atoms. The lowest BCUT2D eigenvalue weighted by Gasteiger charge is -2.19. The first-order valence-corrected chi connectivity index (χ1v) is 11.1. The number of imide groups is 1. The predicted molar refractivity (Wildman–Crippen MR) is 108 cm³/mol. The summed E-state index contributed by atoms with van der Waals surface area (Å²) in [6.45, 7) is 2.52. The molecule has 7 nitrogen and oxygen atoms in total. The molecule has 2 N–H and O–H groups in total. The molecule has 4 amide bonds. The molecule has 0 atom stereocenters. The van der Waals surface area contributed by atoms with Crippen molar-refractivity contribution in [3.8, 4) is 10.6 Å². The third kappa shape index (κ3) is 3.68. The van der Waals surface area contributed by atoms with E-state index in [4.69, 9.17) is 0 Å². The SMILES string of the molecule is Cc1nc(-c2ccc(CNC(=O)CCN3C(=O)NC4(CCCC4)C3=O)s2)cs1. The number of amides is 4. The lowest BCUT2D eigenvalue weighted by atomic mass is 9.98. The Hall–Kier alpha value is -2.26. The first-order valence-electron chi connectivity index (χ1n) is 9.39. The normalized spacial score (nSPS) is 18.1. The lowest BCUT2D eigenvalue weighted by Crippen LogP contribution is -2.44. The van der Waals surface area contributed by atoms with Crippen molar-refractivity contribution in [1.82, 2.24) is 20.5 Å². The number of hydrogen-bond acceptors (Lipinski definition) is 6. The van der Waals surface area contributed by atoms with Crippen LogP contribution in [0, 0.1) is 6.92 Å². The summed E-state index contributed by atoms with van der Waals surface area (Å²) in [6.07, 6.45) is 3.39. The standard InChI is InChI=1S/C19H22N4O3S2/c1-12-21-14(11-27-12)15-5-4-13(28-15)10-20-16(24)6-9-23-17(25)19(22-18(23)26)7-2-3-8-19/h4-5,11H,2-3,6-10H2,1H3,(H,20,24)(H,22,26). The molecule has 1 saturated heterocycles. The van der Waals surface area contributed by atoms with Gasteiger partial charge in [-0.3, -0.25) is 14.5 Å². The molecule has 1 aliphatic heterocycles. The summed E-state index contributed by atoms with van der Waals surface area (Å²) >= 11 is 3.21. The summed E-state index contributed by atoms with van der Waals surface area (Å²) in [6, 6.07) is 3.62. The van der Waals surface area contributed by atoms with Gasteiger partial charge in [0.2, 0.25) is 5.91 Å². The molecule has 1 aliphatic carbocycles. The van der Waals surface area contributed by atoms with E-state index >= 15 is 0 Å². The van der Waals surface area contributed by atoms with Crippen LogP contribution in [0.5, 0.6) is 0 Å². The quantitative estimate of drug-likeness (QED) is 0.706. The van der Waals surface area contributed by atoms with Crippen LogP contribution in [0.25, 0.3) is 10.6 Å². The number of nitrogens with one attached hydrogen (secondary N) is 2. The highest BCUT2D eigenvalue weighted by atomic mass is 32.1. The number of rotatable bonds is 6. The predicted octanol–water partition coefficient (Wildman–Crippen LogP) is 3.05. The van der Waals surface area contributed by atoms with Crippen LogP contribution >= 0.6 is 22.7 Å². The van der Waals surface area contributed by atoms with Gasteiger partial charge in [-0.05, 0) is 31.9 Å². The maximum Gasteiger partial charge on any atom is 0.325 e. The molecule has 0 radical (unpaired) electrons. The first kappa shape index (κ1) is 19.1. The highest BCUT2D eigenvalue weighted by Gasteiger charge is 2.52. The van der Waals surface area contributed by atoms with Crippen LogP contribution in [0.4, 0.5) is 4.79 Å². The van der Waals surface area contributed by atoms with E-state index in [0.29, 0.717) is 19.4 Å². The summed E-state index contributed by atoms with van der Waals surface area (Å²) in [4.78, 5) is 44.7. The monoisotopic (exact) mass is 418 g/mol. The van der Waals surface area contributed by atoms with E-state index in [9.17, 15) is 14.4 Å². The molecule has 1 saturated carbocycles. The maximum absolute atomic E-state index is 12.6. The molecule has 2 aliphatic rings. The fraction of sp³-hybridized carbons (Fsp3) is 0.474. The molecular formula is C19H22N4O3S2. The fourth-order valence-electron chi connectivity index (χ4n) is 3.77. The molecule has 0 unspecified atom stereocenters. The maximum atomic E-state index is 12.6. The number of aromatic nitrogens is 1. The molecule has 148 valence electrons. The number of carbonyl (C=O) groups is 3. The largest absolute Gasteiger partial charge is 0.351 e. The van der Waals surface area contributed by atoms with Gasteiger partial charge in [-0.2, -0.15) is 0 Å². The van der Waals surface area contributed by atoms with Gasteiger partial charge in [0.25, 0.3) is 5.91 Å². The molecule has 3 heterocycles. The van der Waals surface area contributed by atoms with Crippen LogP contribution in [0.15, 0.2) is 17.5 Å². The highest BCUT2D eigenvalue weighted by molar-refractivity contribution is 7.16. The molecule has 0 aromatic carbocycles. The number of thiazole rings is 1. The Morgan fingerprint density at radius 3 is 2.82 bits per heavy atom. The Balaban J connectivity index is 1.27. The molecule has 2 fully saturated rings. The van der Waals surface area contributed by atoms with Gasteiger partial charge < -0.3 is 10.6 Å². The summed E-state index contributed by atoms with van der Waals surface area (Å²) in [5, 5.41) is 8.75. The fourth-order valence-corrected chi connectivity index (χ4v) is 5.37. The van der Waals surface area contributed by atoms with Gasteiger partial charge in [0.05, 0.1) is 22.1 Å². The van der Waals surface area contributed by atoms with Crippen molar-refractivity contribution in [3.63, 3.8) is 0 Å². The van der Waals surface area contributed by atoms with Crippen LogP contribution in [-0.2, 0) is 16.1 Å². The van der Waals surface area contributed by atoms with Gasteiger partial charge in [0.15, 0.2) is 0 Å². The van der Waals surface area contributed by atoms with E-state index in [1.54, 1.807) is 22.7 Å². The van der Waals surface area contributed by atoms with Crippen LogP contribution in [0.3, 0.4) is 0 Å². The molecule has 2 aromatic heterocycles. The van der Waals surface area contributed by atoms with Crippen molar-refractivity contribution in [2.45, 2.75) is 51.1 Å². The third-order valence-corrected chi connectivity index (χ3v) is 7.14. The summed E-state index contributed by atoms with van der Waals surface area (Å²) in [5.74, 6) is -0.350. The van der Waals surface area contributed by atoms with Crippen molar-refractivity contribution in [3.05, 3.63) is 27.4 Å². The van der Waals surface area contributed by atoms with Crippen LogP contribution in [-0.4, -0.2) is 39.8 Å². The molecule has 0 bridgehead atoms. The zero-order valence-corrected chi connectivity index (χ0v) is 17.3. The lowest BCUT2D eigenvalue weighted by molar-refractivity contribution is -0.131. The summed E-state index contributed by atoms with van der Waals surface area (Å²) in [7, 11) is 0. The molecular weight excluding hydrogens is 396 g/mol. The molecule has 9 heteroatoms. The van der Waals surface area contributed by atoms with Gasteiger partial charge in [-0.25, -0.2) is 9.78 Å². The number of nitrogens with zero attached hydrogens (tertiary/aromatic N) is 2. The zero-order chi connectivity index (χ0) is 19.7. The Kier molecular flexibility index (Phi) is 5.20. The van der Waals surface area contributed by atoms with Crippen LogP contribution in [0.2, 0.25) is 0 Å². The number of hydrogen-bond donors (Lipinski definition) is 2. The van der Waals surface area contributed by atoms with Crippen molar-refractivity contribution in [2.75, 3.05) is 6.54 Å². The van der Waals surface area contributed by atoms with Gasteiger partial charge in [-0.15, -0.1) is 22.7 Å². The van der Waals surface area contributed by atoms with E-state index in [0.717, 1.165) is 33.3 Å². The first-order chi connectivity index (χ1) is 13.5. The number of thiophene rings is 1. The Morgan fingerprint density at radius 2 is 2.11 bits per heavy atom. The van der Waals surface area contributed by atoms with Crippen molar-refractivity contribution in [1.29, 1.82) is 0 Å². The smallest absolute Gasteiger partial charge is 0.325 e. The second-order valence-electron chi connectivity index (χ2n) is 7.22. The second-order valence-corrected chi connectivity index (χ2v) is 9.45. The van der Waals surface area contributed by atoms with Crippen molar-refractivity contribution < 1.29 is 14.4 Å². The minimum atomic E-state index is -0.713. The average Bonchev–Trinajstić information content (AvgIpc) is 3.43. The van der Waals surface area contributed by atoms with Gasteiger partial charge in [0, 0.05) is 23.2 Å². The van der Waals surface area contributed by atoms with Crippen LogP contribution < -0.4 is 10.6 Å². The number of urea groups is 1. The van der Waals surface area contributed by atoms with E-state index in [-0.39, 0.29) is 30.8 Å². The van der Waals surface area contributed by atoms with Gasteiger partial charge in [-0.1, -0.05) is 12.8 Å². The van der Waals surface area contributed by atoms with Crippen molar-refractivity contribution >= 4 is 40.5 Å². The van der Waals surface area contributed by atoms with E-state index in [1.165, 1.54) is 4.90 Å². The third-order valence-electron chi connectivity index (χ3n) is 5.26. The van der Waals surface area contributed by atoms with Gasteiger partial charge in [0.1, 0.15) is 5.54 Å². The number of carbonyl (C=O) groups excluding carboxylic acids is 3. The van der Waals surface area contributed by atoms with Gasteiger partial charge >= 0.3 is 6.03 Å². The highest BCUT2D eigenvalue weighted by Crippen LogP contribution is 2.35. The molecule has 28 heavy (non-hydrogen) atoms. The van der Waals surface area contributed by atoms with E-state index in [2.05, 4.69) is 15.6 Å². The molecule has 2 aromatic rings. The minimum Gasteiger partial charge on any atom is -0.351 e. The van der Waals surface area contributed by atoms with E-state index < -0.39 is 5.54 Å². The Morgan fingerprint density at radius 1 is 1.32 bits per heavy atom. The second kappa shape index (κ2) is 7.63. The van der Waals surface area contributed by atoms with Crippen molar-refractivity contribution in [2.24, 2.45) is 0 Å². The Bertz CT molecular complexity index is 914. The topological polar surface area (TPSA) is 91.4 Å². The number of aryl methyl sites for hydroxylation is 1. The van der Waals surface area contributed by atoms with E-state index in [1.807, 2.05) is 24.4 Å².